The Kier molecular flexibility index (Phi) is 9.18. The van der Waals surface area contributed by atoms with Crippen molar-refractivity contribution >= 4 is 35.0 Å². The van der Waals surface area contributed by atoms with Crippen molar-refractivity contribution in [3.63, 3.8) is 0 Å². The van der Waals surface area contributed by atoms with E-state index in [4.69, 9.17) is 4.74 Å². The zero-order valence-electron chi connectivity index (χ0n) is 20.1. The highest BCUT2D eigenvalue weighted by Crippen LogP contribution is 2.30. The lowest BCUT2D eigenvalue weighted by molar-refractivity contribution is -0.146. The summed E-state index contributed by atoms with van der Waals surface area (Å²) in [6.45, 7) is 7.02. The van der Waals surface area contributed by atoms with Gasteiger partial charge in [0.05, 0.1) is 11.6 Å². The molecule has 1 aliphatic heterocycles. The van der Waals surface area contributed by atoms with E-state index in [2.05, 4.69) is 20.6 Å². The van der Waals surface area contributed by atoms with E-state index in [0.29, 0.717) is 18.8 Å². The third-order valence-corrected chi connectivity index (χ3v) is 6.73. The van der Waals surface area contributed by atoms with Gasteiger partial charge in [0.2, 0.25) is 5.91 Å². The summed E-state index contributed by atoms with van der Waals surface area (Å²) in [5.41, 5.74) is 6.90. The predicted octanol–water partition coefficient (Wildman–Crippen LogP) is 2.26. The SMILES string of the molecule is CCOC(=O)CC(=O)NNC(=O)c1csc(C2CCN(C(=O)COc3ccc(C)c(C)c3)CC2)n1. The number of carbonyl (C=O) groups is 4. The van der Waals surface area contributed by atoms with E-state index in [0.717, 1.165) is 23.4 Å². The van der Waals surface area contributed by atoms with E-state index in [1.807, 2.05) is 32.0 Å². The second-order valence-corrected chi connectivity index (χ2v) is 9.13. The Hall–Kier alpha value is -3.47. The Balaban J connectivity index is 1.42. The van der Waals surface area contributed by atoms with E-state index in [9.17, 15) is 19.2 Å². The maximum atomic E-state index is 12.6. The molecule has 0 bridgehead atoms. The molecule has 1 aromatic heterocycles. The first-order valence-corrected chi connectivity index (χ1v) is 12.3. The van der Waals surface area contributed by atoms with Gasteiger partial charge in [-0.3, -0.25) is 30.0 Å². The van der Waals surface area contributed by atoms with Crippen LogP contribution in [0.1, 0.15) is 58.7 Å². The van der Waals surface area contributed by atoms with Gasteiger partial charge in [-0.05, 0) is 56.9 Å². The lowest BCUT2D eigenvalue weighted by Crippen LogP contribution is -2.42. The molecule has 10 nitrogen and oxygen atoms in total. The molecule has 0 unspecified atom stereocenters. The summed E-state index contributed by atoms with van der Waals surface area (Å²) in [4.78, 5) is 54.0. The minimum atomic E-state index is -0.675. The monoisotopic (exact) mass is 502 g/mol. The minimum Gasteiger partial charge on any atom is -0.484 e. The van der Waals surface area contributed by atoms with Gasteiger partial charge >= 0.3 is 5.97 Å². The molecule has 1 aliphatic rings. The lowest BCUT2D eigenvalue weighted by Gasteiger charge is -2.31. The number of likely N-dealkylation sites (tertiary alicyclic amines) is 1. The number of ether oxygens (including phenoxy) is 2. The van der Waals surface area contributed by atoms with Crippen molar-refractivity contribution in [3.05, 3.63) is 45.4 Å². The summed E-state index contributed by atoms with van der Waals surface area (Å²) in [6.07, 6.45) is 0.990. The number of aromatic nitrogens is 1. The first kappa shape index (κ1) is 26.1. The molecule has 0 radical (unpaired) electrons. The molecule has 0 spiro atoms. The lowest BCUT2D eigenvalue weighted by atomic mass is 9.97. The number of esters is 1. The van der Waals surface area contributed by atoms with Crippen molar-refractivity contribution in [1.82, 2.24) is 20.7 Å². The smallest absolute Gasteiger partial charge is 0.315 e. The average Bonchev–Trinajstić information content (AvgIpc) is 3.34. The quantitative estimate of drug-likeness (QED) is 0.322. The standard InChI is InChI=1S/C24H30N4O6S/c1-4-33-22(31)12-20(29)26-27-23(32)19-14-35-24(25-19)17-7-9-28(10-8-17)21(30)13-34-18-6-5-15(2)16(3)11-18/h5-6,11,14,17H,4,7-10,12-13H2,1-3H3,(H,26,29)(H,27,32). The molecule has 1 aromatic carbocycles. The van der Waals surface area contributed by atoms with E-state index in [1.54, 1.807) is 17.2 Å². The molecule has 3 rings (SSSR count). The first-order valence-electron chi connectivity index (χ1n) is 11.4. The summed E-state index contributed by atoms with van der Waals surface area (Å²) >= 11 is 1.37. The van der Waals surface area contributed by atoms with Gasteiger partial charge in [0.15, 0.2) is 6.61 Å². The second kappa shape index (κ2) is 12.3. The Bertz CT molecular complexity index is 1080. The molecule has 1 saturated heterocycles. The van der Waals surface area contributed by atoms with Crippen LogP contribution in [0.3, 0.4) is 0 Å². The number of hydrogen-bond acceptors (Lipinski definition) is 8. The van der Waals surface area contributed by atoms with Crippen LogP contribution in [0.15, 0.2) is 23.6 Å². The largest absolute Gasteiger partial charge is 0.484 e. The van der Waals surface area contributed by atoms with Crippen LogP contribution in [0.25, 0.3) is 0 Å². The number of hydrogen-bond donors (Lipinski definition) is 2. The zero-order valence-corrected chi connectivity index (χ0v) is 20.9. The van der Waals surface area contributed by atoms with E-state index < -0.39 is 24.2 Å². The fourth-order valence-electron chi connectivity index (χ4n) is 3.57. The Morgan fingerprint density at radius 1 is 1.11 bits per heavy atom. The van der Waals surface area contributed by atoms with Crippen molar-refractivity contribution in [2.75, 3.05) is 26.3 Å². The van der Waals surface area contributed by atoms with Gasteiger partial charge in [0, 0.05) is 24.4 Å². The number of nitrogens with one attached hydrogen (secondary N) is 2. The third kappa shape index (κ3) is 7.51. The highest BCUT2D eigenvalue weighted by atomic mass is 32.1. The molecular formula is C24H30N4O6S. The van der Waals surface area contributed by atoms with Gasteiger partial charge in [0.25, 0.3) is 11.8 Å². The molecule has 11 heteroatoms. The Morgan fingerprint density at radius 3 is 2.54 bits per heavy atom. The second-order valence-electron chi connectivity index (χ2n) is 8.24. The van der Waals surface area contributed by atoms with Crippen LogP contribution in [0, 0.1) is 13.8 Å². The van der Waals surface area contributed by atoms with Crippen LogP contribution in [0.5, 0.6) is 5.75 Å². The Morgan fingerprint density at radius 2 is 1.86 bits per heavy atom. The summed E-state index contributed by atoms with van der Waals surface area (Å²) in [6, 6.07) is 5.77. The van der Waals surface area contributed by atoms with E-state index in [-0.39, 0.29) is 30.7 Å². The molecule has 2 aromatic rings. The van der Waals surface area contributed by atoms with E-state index in [1.165, 1.54) is 16.9 Å². The van der Waals surface area contributed by atoms with Crippen molar-refractivity contribution in [2.45, 2.75) is 46.0 Å². The third-order valence-electron chi connectivity index (χ3n) is 5.72. The average molecular weight is 503 g/mol. The highest BCUT2D eigenvalue weighted by molar-refractivity contribution is 7.09. The number of piperidine rings is 1. The predicted molar refractivity (Wildman–Crippen MR) is 129 cm³/mol. The molecule has 188 valence electrons. The van der Waals surface area contributed by atoms with Gasteiger partial charge < -0.3 is 14.4 Å². The molecular weight excluding hydrogens is 472 g/mol. The van der Waals surface area contributed by atoms with Crippen LogP contribution in [-0.4, -0.2) is 59.9 Å². The summed E-state index contributed by atoms with van der Waals surface area (Å²) in [7, 11) is 0. The fourth-order valence-corrected chi connectivity index (χ4v) is 4.54. The highest BCUT2D eigenvalue weighted by Gasteiger charge is 2.26. The maximum Gasteiger partial charge on any atom is 0.315 e. The molecule has 2 N–H and O–H groups in total. The summed E-state index contributed by atoms with van der Waals surface area (Å²) < 4.78 is 10.4. The molecule has 1 fully saturated rings. The first-order chi connectivity index (χ1) is 16.8. The zero-order chi connectivity index (χ0) is 25.4. The van der Waals surface area contributed by atoms with Crippen LogP contribution < -0.4 is 15.6 Å². The number of nitrogens with zero attached hydrogens (tertiary/aromatic N) is 2. The van der Waals surface area contributed by atoms with Crippen LogP contribution in [0.2, 0.25) is 0 Å². The molecule has 0 atom stereocenters. The summed E-state index contributed by atoms with van der Waals surface area (Å²) in [5, 5.41) is 2.43. The van der Waals surface area contributed by atoms with E-state index >= 15 is 0 Å². The van der Waals surface area contributed by atoms with Crippen LogP contribution in [0.4, 0.5) is 0 Å². The van der Waals surface area contributed by atoms with Gasteiger partial charge in [-0.2, -0.15) is 0 Å². The number of aryl methyl sites for hydroxylation is 2. The number of rotatable bonds is 8. The normalized spacial score (nSPS) is 13.7. The number of amides is 3. The molecule has 3 amide bonds. The fraction of sp³-hybridized carbons (Fsp3) is 0.458. The van der Waals surface area contributed by atoms with Crippen LogP contribution in [-0.2, 0) is 19.1 Å². The maximum absolute atomic E-state index is 12.6. The number of hydrazine groups is 1. The molecule has 0 saturated carbocycles. The van der Waals surface area contributed by atoms with Gasteiger partial charge in [0.1, 0.15) is 17.9 Å². The van der Waals surface area contributed by atoms with Crippen molar-refractivity contribution in [1.29, 1.82) is 0 Å². The summed E-state index contributed by atoms with van der Waals surface area (Å²) in [5.74, 6) is -1.14. The number of thiazole rings is 1. The number of benzene rings is 1. The topological polar surface area (TPSA) is 127 Å². The van der Waals surface area contributed by atoms with Gasteiger partial charge in [-0.25, -0.2) is 4.98 Å². The van der Waals surface area contributed by atoms with Crippen molar-refractivity contribution in [3.8, 4) is 5.75 Å². The van der Waals surface area contributed by atoms with Crippen molar-refractivity contribution < 1.29 is 28.7 Å². The van der Waals surface area contributed by atoms with Crippen LogP contribution >= 0.6 is 11.3 Å². The van der Waals surface area contributed by atoms with Gasteiger partial charge in [-0.1, -0.05) is 6.07 Å². The number of carbonyl (C=O) groups excluding carboxylic acids is 4. The molecule has 2 heterocycles. The molecule has 0 aliphatic carbocycles. The molecule has 35 heavy (non-hydrogen) atoms. The Labute approximate surface area is 208 Å². The van der Waals surface area contributed by atoms with Gasteiger partial charge in [-0.15, -0.1) is 11.3 Å². The van der Waals surface area contributed by atoms with Crippen molar-refractivity contribution in [2.24, 2.45) is 0 Å². The minimum absolute atomic E-state index is 0.00335.